The quantitative estimate of drug-likeness (QED) is 0.661. The Balaban J connectivity index is 1.57. The molecule has 3 aromatic carbocycles. The summed E-state index contributed by atoms with van der Waals surface area (Å²) in [4.78, 5) is 0. The highest BCUT2D eigenvalue weighted by molar-refractivity contribution is 5.83. The van der Waals surface area contributed by atoms with E-state index in [2.05, 4.69) is 24.3 Å². The molecule has 0 aliphatic heterocycles. The topological polar surface area (TPSA) is 27.7 Å². The number of fused-ring (bicyclic) bond motifs is 1. The molecule has 0 aliphatic rings. The number of rotatable bonds is 6. The Hall–Kier alpha value is -2.68. The van der Waals surface area contributed by atoms with E-state index in [0.717, 1.165) is 17.2 Å². The fourth-order valence-electron chi connectivity index (χ4n) is 2.39. The zero-order valence-corrected chi connectivity index (χ0v) is 13.4. The lowest BCUT2D eigenvalue weighted by molar-refractivity contribution is 0.143. The minimum Gasteiger partial charge on any atom is -0.497 e. The second-order valence-electron chi connectivity index (χ2n) is 5.42. The van der Waals surface area contributed by atoms with Gasteiger partial charge in [-0.1, -0.05) is 30.3 Å². The zero-order valence-electron chi connectivity index (χ0n) is 13.4. The molecule has 1 atom stereocenters. The number of hydrogen-bond donors (Lipinski definition) is 0. The van der Waals surface area contributed by atoms with Crippen LogP contribution in [-0.4, -0.2) is 19.8 Å². The molecule has 0 aliphatic carbocycles. The fraction of sp³-hybridized carbons (Fsp3) is 0.200. The van der Waals surface area contributed by atoms with Gasteiger partial charge < -0.3 is 14.2 Å². The van der Waals surface area contributed by atoms with E-state index in [4.69, 9.17) is 14.2 Å². The van der Waals surface area contributed by atoms with Crippen LogP contribution in [0.2, 0.25) is 0 Å². The molecular weight excluding hydrogens is 288 g/mol. The van der Waals surface area contributed by atoms with Crippen molar-refractivity contribution in [3.63, 3.8) is 0 Å². The lowest BCUT2D eigenvalue weighted by Gasteiger charge is -2.16. The van der Waals surface area contributed by atoms with Crippen LogP contribution in [0.4, 0.5) is 0 Å². The van der Waals surface area contributed by atoms with Crippen LogP contribution in [0, 0.1) is 0 Å². The summed E-state index contributed by atoms with van der Waals surface area (Å²) in [5.41, 5.74) is 0. The summed E-state index contributed by atoms with van der Waals surface area (Å²) >= 11 is 0. The van der Waals surface area contributed by atoms with Gasteiger partial charge in [-0.05, 0) is 54.1 Å². The zero-order chi connectivity index (χ0) is 16.1. The Morgan fingerprint density at radius 3 is 2.17 bits per heavy atom. The predicted octanol–water partition coefficient (Wildman–Crippen LogP) is 4.69. The number of hydrogen-bond acceptors (Lipinski definition) is 3. The summed E-state index contributed by atoms with van der Waals surface area (Å²) in [6.07, 6.45) is -0.0464. The molecule has 0 saturated carbocycles. The van der Waals surface area contributed by atoms with Crippen molar-refractivity contribution in [1.29, 1.82) is 0 Å². The maximum atomic E-state index is 5.84. The molecule has 0 heterocycles. The van der Waals surface area contributed by atoms with Crippen LogP contribution in [0.1, 0.15) is 6.92 Å². The first-order valence-corrected chi connectivity index (χ1v) is 7.67. The first-order chi connectivity index (χ1) is 11.2. The molecule has 0 bridgehead atoms. The highest BCUT2D eigenvalue weighted by Crippen LogP contribution is 2.21. The summed E-state index contributed by atoms with van der Waals surface area (Å²) in [5.74, 6) is 2.48. The van der Waals surface area contributed by atoms with E-state index in [1.54, 1.807) is 7.11 Å². The molecule has 118 valence electrons. The third-order valence-electron chi connectivity index (χ3n) is 3.60. The van der Waals surface area contributed by atoms with Crippen molar-refractivity contribution in [2.75, 3.05) is 13.7 Å². The van der Waals surface area contributed by atoms with Gasteiger partial charge in [-0.2, -0.15) is 0 Å². The van der Waals surface area contributed by atoms with Gasteiger partial charge in [0.2, 0.25) is 0 Å². The van der Waals surface area contributed by atoms with Crippen molar-refractivity contribution in [3.05, 3.63) is 66.7 Å². The molecule has 0 N–H and O–H groups in total. The van der Waals surface area contributed by atoms with E-state index in [0.29, 0.717) is 6.61 Å². The normalized spacial score (nSPS) is 11.9. The van der Waals surface area contributed by atoms with Gasteiger partial charge in [0.15, 0.2) is 0 Å². The molecule has 0 radical (unpaired) electrons. The Morgan fingerprint density at radius 2 is 1.43 bits per heavy atom. The van der Waals surface area contributed by atoms with E-state index in [-0.39, 0.29) is 6.10 Å². The second kappa shape index (κ2) is 7.05. The van der Waals surface area contributed by atoms with Crippen LogP contribution in [0.15, 0.2) is 66.7 Å². The van der Waals surface area contributed by atoms with Crippen LogP contribution in [0.25, 0.3) is 10.8 Å². The standard InChI is InChI=1S/C20H20O3/c1-15(23-19-11-9-18(21-2)10-12-19)14-22-20-8-7-16-5-3-4-6-17(16)13-20/h3-13,15H,14H2,1-2H3. The first kappa shape index (κ1) is 15.2. The average molecular weight is 308 g/mol. The Kier molecular flexibility index (Phi) is 4.67. The third kappa shape index (κ3) is 3.95. The number of ether oxygens (including phenoxy) is 3. The molecule has 3 nitrogen and oxygen atoms in total. The van der Waals surface area contributed by atoms with Gasteiger partial charge in [0, 0.05) is 0 Å². The second-order valence-corrected chi connectivity index (χ2v) is 5.42. The van der Waals surface area contributed by atoms with Crippen molar-refractivity contribution < 1.29 is 14.2 Å². The van der Waals surface area contributed by atoms with E-state index >= 15 is 0 Å². The van der Waals surface area contributed by atoms with Crippen molar-refractivity contribution in [2.24, 2.45) is 0 Å². The SMILES string of the molecule is COc1ccc(OC(C)COc2ccc3ccccc3c2)cc1. The molecule has 23 heavy (non-hydrogen) atoms. The van der Waals surface area contributed by atoms with Gasteiger partial charge in [-0.25, -0.2) is 0 Å². The van der Waals surface area contributed by atoms with Crippen LogP contribution in [-0.2, 0) is 0 Å². The lowest BCUT2D eigenvalue weighted by Crippen LogP contribution is -2.21. The van der Waals surface area contributed by atoms with Crippen molar-refractivity contribution in [1.82, 2.24) is 0 Å². The molecule has 1 unspecified atom stereocenters. The van der Waals surface area contributed by atoms with Crippen molar-refractivity contribution >= 4 is 10.8 Å². The van der Waals surface area contributed by atoms with Gasteiger partial charge in [0.05, 0.1) is 7.11 Å². The number of methoxy groups -OCH3 is 1. The van der Waals surface area contributed by atoms with Gasteiger partial charge in [0.1, 0.15) is 30.0 Å². The highest BCUT2D eigenvalue weighted by atomic mass is 16.5. The van der Waals surface area contributed by atoms with Crippen LogP contribution in [0.5, 0.6) is 17.2 Å². The van der Waals surface area contributed by atoms with Gasteiger partial charge in [-0.15, -0.1) is 0 Å². The van der Waals surface area contributed by atoms with Crippen LogP contribution < -0.4 is 14.2 Å². The van der Waals surface area contributed by atoms with Gasteiger partial charge >= 0.3 is 0 Å². The maximum absolute atomic E-state index is 5.84. The van der Waals surface area contributed by atoms with E-state index in [1.165, 1.54) is 10.8 Å². The van der Waals surface area contributed by atoms with Gasteiger partial charge in [0.25, 0.3) is 0 Å². The molecule has 0 saturated heterocycles. The highest BCUT2D eigenvalue weighted by Gasteiger charge is 2.06. The Morgan fingerprint density at radius 1 is 0.783 bits per heavy atom. The predicted molar refractivity (Wildman–Crippen MR) is 92.5 cm³/mol. The largest absolute Gasteiger partial charge is 0.497 e. The molecular formula is C20H20O3. The summed E-state index contributed by atoms with van der Waals surface area (Å²) in [6, 6.07) is 21.9. The molecule has 0 spiro atoms. The molecule has 0 aromatic heterocycles. The molecule has 0 fully saturated rings. The Labute approximate surface area is 136 Å². The lowest BCUT2D eigenvalue weighted by atomic mass is 10.1. The van der Waals surface area contributed by atoms with Gasteiger partial charge in [-0.3, -0.25) is 0 Å². The average Bonchev–Trinajstić information content (AvgIpc) is 2.60. The first-order valence-electron chi connectivity index (χ1n) is 7.67. The smallest absolute Gasteiger partial charge is 0.130 e. The third-order valence-corrected chi connectivity index (χ3v) is 3.60. The minimum atomic E-state index is -0.0464. The van der Waals surface area contributed by atoms with Crippen LogP contribution in [0.3, 0.4) is 0 Å². The fourth-order valence-corrected chi connectivity index (χ4v) is 2.39. The summed E-state index contributed by atoms with van der Waals surface area (Å²) in [5, 5.41) is 2.39. The van der Waals surface area contributed by atoms with Crippen LogP contribution >= 0.6 is 0 Å². The summed E-state index contributed by atoms with van der Waals surface area (Å²) in [7, 11) is 1.65. The van der Waals surface area contributed by atoms with E-state index in [9.17, 15) is 0 Å². The van der Waals surface area contributed by atoms with Crippen molar-refractivity contribution in [2.45, 2.75) is 13.0 Å². The minimum absolute atomic E-state index is 0.0464. The van der Waals surface area contributed by atoms with E-state index < -0.39 is 0 Å². The summed E-state index contributed by atoms with van der Waals surface area (Å²) < 4.78 is 16.8. The number of benzene rings is 3. The molecule has 3 rings (SSSR count). The monoisotopic (exact) mass is 308 g/mol. The molecule has 3 aromatic rings. The van der Waals surface area contributed by atoms with Crippen molar-refractivity contribution in [3.8, 4) is 17.2 Å². The Bertz CT molecular complexity index is 765. The molecule has 0 amide bonds. The van der Waals surface area contributed by atoms with E-state index in [1.807, 2.05) is 49.4 Å². The summed E-state index contributed by atoms with van der Waals surface area (Å²) in [6.45, 7) is 2.48. The maximum Gasteiger partial charge on any atom is 0.130 e. The molecule has 3 heteroatoms.